The maximum Gasteiger partial charge on any atom is 0.159 e. The van der Waals surface area contributed by atoms with Crippen LogP contribution in [0.2, 0.25) is 0 Å². The molecule has 0 spiro atoms. The van der Waals surface area contributed by atoms with Gasteiger partial charge in [0.05, 0.1) is 0 Å². The van der Waals surface area contributed by atoms with E-state index in [4.69, 9.17) is 0 Å². The van der Waals surface area contributed by atoms with Crippen LogP contribution in [0.3, 0.4) is 0 Å². The molecule has 0 saturated heterocycles. The van der Waals surface area contributed by atoms with Crippen molar-refractivity contribution in [1.29, 1.82) is 0 Å². The predicted octanol–water partition coefficient (Wildman–Crippen LogP) is 8.06. The molecular weight excluding hydrogens is 516 g/mol. The normalized spacial score (nSPS) is 10.9. The smallest absolute Gasteiger partial charge is 0.159 e. The summed E-state index contributed by atoms with van der Waals surface area (Å²) in [6.07, 6.45) is 10.6. The molecule has 0 aliphatic rings. The second-order valence-electron chi connectivity index (χ2n) is 9.75. The highest BCUT2D eigenvalue weighted by Crippen LogP contribution is 2.34. The zero-order chi connectivity index (χ0) is 28.1. The number of nitrogens with zero attached hydrogens (tertiary/aromatic N) is 6. The number of hydrogen-bond acceptors (Lipinski definition) is 6. The molecular formula is C36H24N6. The Balaban J connectivity index is 1.29. The van der Waals surface area contributed by atoms with E-state index in [9.17, 15) is 0 Å². The zero-order valence-electron chi connectivity index (χ0n) is 22.5. The second-order valence-corrected chi connectivity index (χ2v) is 9.75. The molecule has 0 radical (unpaired) electrons. The lowest BCUT2D eigenvalue weighted by Crippen LogP contribution is -1.90. The third-order valence-electron chi connectivity index (χ3n) is 7.06. The highest BCUT2D eigenvalue weighted by molar-refractivity contribution is 5.82. The fraction of sp³-hybridized carbons (Fsp3) is 0. The van der Waals surface area contributed by atoms with Gasteiger partial charge in [0, 0.05) is 53.9 Å². The largest absolute Gasteiger partial charge is 0.237 e. The summed E-state index contributed by atoms with van der Waals surface area (Å²) < 4.78 is 0. The molecule has 6 heteroatoms. The van der Waals surface area contributed by atoms with E-state index in [0.717, 1.165) is 50.1 Å². The summed E-state index contributed by atoms with van der Waals surface area (Å²) in [4.78, 5) is 26.3. The van der Waals surface area contributed by atoms with Crippen LogP contribution >= 0.6 is 0 Å². The molecule has 0 unspecified atom stereocenters. The van der Waals surface area contributed by atoms with Crippen molar-refractivity contribution in [3.8, 4) is 67.5 Å². The van der Waals surface area contributed by atoms with Gasteiger partial charge in [-0.3, -0.25) is 0 Å². The van der Waals surface area contributed by atoms with Gasteiger partial charge in [-0.05, 0) is 69.8 Å². The molecule has 3 aromatic heterocycles. The molecule has 7 rings (SSSR count). The summed E-state index contributed by atoms with van der Waals surface area (Å²) in [5, 5.41) is 0. The summed E-state index contributed by atoms with van der Waals surface area (Å²) in [5.41, 5.74) is 9.63. The summed E-state index contributed by atoms with van der Waals surface area (Å²) in [6, 6.07) is 37.3. The number of rotatable bonds is 6. The summed E-state index contributed by atoms with van der Waals surface area (Å²) >= 11 is 0. The van der Waals surface area contributed by atoms with Crippen LogP contribution in [-0.4, -0.2) is 29.9 Å². The summed E-state index contributed by atoms with van der Waals surface area (Å²) in [7, 11) is 0. The molecule has 0 fully saturated rings. The Hall–Kier alpha value is -5.88. The standard InChI is InChI=1S/C36H24N6/c1-16-37-34(38-17-1)28-10-4-25(5-11-28)31-22-32(26-6-12-29(13-7-26)35-39-18-2-19-40-35)24-33(23-31)27-8-14-30(15-9-27)36-41-20-3-21-42-36/h1-24H. The zero-order valence-corrected chi connectivity index (χ0v) is 22.5. The highest BCUT2D eigenvalue weighted by Gasteiger charge is 2.10. The molecule has 198 valence electrons. The monoisotopic (exact) mass is 540 g/mol. The molecule has 3 heterocycles. The van der Waals surface area contributed by atoms with Gasteiger partial charge in [-0.2, -0.15) is 0 Å². The van der Waals surface area contributed by atoms with Gasteiger partial charge in [0.15, 0.2) is 17.5 Å². The third kappa shape index (κ3) is 5.29. The molecule has 0 atom stereocenters. The Morgan fingerprint density at radius 3 is 0.690 bits per heavy atom. The van der Waals surface area contributed by atoms with Gasteiger partial charge in [0.25, 0.3) is 0 Å². The van der Waals surface area contributed by atoms with Crippen molar-refractivity contribution in [3.05, 3.63) is 146 Å². The minimum Gasteiger partial charge on any atom is -0.237 e. The molecule has 0 saturated carbocycles. The molecule has 7 aromatic rings. The van der Waals surface area contributed by atoms with Crippen LogP contribution in [0.15, 0.2) is 146 Å². The molecule has 0 aliphatic heterocycles. The Labute approximate surface area is 243 Å². The van der Waals surface area contributed by atoms with Crippen molar-refractivity contribution in [1.82, 2.24) is 29.9 Å². The molecule has 0 bridgehead atoms. The first kappa shape index (κ1) is 25.1. The van der Waals surface area contributed by atoms with E-state index in [1.807, 2.05) is 18.2 Å². The van der Waals surface area contributed by atoms with Gasteiger partial charge < -0.3 is 0 Å². The van der Waals surface area contributed by atoms with E-state index >= 15 is 0 Å². The molecule has 0 aliphatic carbocycles. The van der Waals surface area contributed by atoms with Crippen LogP contribution in [0.5, 0.6) is 0 Å². The first-order chi connectivity index (χ1) is 20.8. The van der Waals surface area contributed by atoms with E-state index in [2.05, 4.69) is 121 Å². The Morgan fingerprint density at radius 1 is 0.238 bits per heavy atom. The van der Waals surface area contributed by atoms with Crippen molar-refractivity contribution in [3.63, 3.8) is 0 Å². The first-order valence-electron chi connectivity index (χ1n) is 13.6. The van der Waals surface area contributed by atoms with Crippen LogP contribution in [-0.2, 0) is 0 Å². The Kier molecular flexibility index (Phi) is 6.76. The second kappa shape index (κ2) is 11.3. The quantitative estimate of drug-likeness (QED) is 0.212. The van der Waals surface area contributed by atoms with Crippen molar-refractivity contribution in [2.45, 2.75) is 0 Å². The molecule has 4 aromatic carbocycles. The summed E-state index contributed by atoms with van der Waals surface area (Å²) in [6.45, 7) is 0. The molecule has 0 amide bonds. The van der Waals surface area contributed by atoms with Crippen molar-refractivity contribution >= 4 is 0 Å². The SMILES string of the molecule is c1cnc(-c2ccc(-c3cc(-c4ccc(-c5ncccn5)cc4)cc(-c4ccc(-c5ncccn5)cc4)c3)cc2)nc1. The topological polar surface area (TPSA) is 77.3 Å². The van der Waals surface area contributed by atoms with E-state index in [0.29, 0.717) is 17.5 Å². The van der Waals surface area contributed by atoms with Gasteiger partial charge in [0.2, 0.25) is 0 Å². The Bertz CT molecular complexity index is 1680. The lowest BCUT2D eigenvalue weighted by atomic mass is 9.92. The lowest BCUT2D eigenvalue weighted by molar-refractivity contribution is 1.18. The fourth-order valence-corrected chi connectivity index (χ4v) is 4.91. The first-order valence-corrected chi connectivity index (χ1v) is 13.6. The van der Waals surface area contributed by atoms with E-state index in [1.54, 1.807) is 37.2 Å². The minimum atomic E-state index is 0.712. The number of hydrogen-bond donors (Lipinski definition) is 0. The number of aromatic nitrogens is 6. The average molecular weight is 541 g/mol. The fourth-order valence-electron chi connectivity index (χ4n) is 4.91. The maximum atomic E-state index is 4.39. The molecule has 0 N–H and O–H groups in total. The van der Waals surface area contributed by atoms with E-state index in [-0.39, 0.29) is 0 Å². The van der Waals surface area contributed by atoms with Crippen LogP contribution < -0.4 is 0 Å². The highest BCUT2D eigenvalue weighted by atomic mass is 14.9. The van der Waals surface area contributed by atoms with Crippen LogP contribution in [0, 0.1) is 0 Å². The average Bonchev–Trinajstić information content (AvgIpc) is 3.09. The minimum absolute atomic E-state index is 0.712. The van der Waals surface area contributed by atoms with E-state index < -0.39 is 0 Å². The van der Waals surface area contributed by atoms with Crippen molar-refractivity contribution in [2.24, 2.45) is 0 Å². The molecule has 42 heavy (non-hydrogen) atoms. The van der Waals surface area contributed by atoms with Gasteiger partial charge >= 0.3 is 0 Å². The van der Waals surface area contributed by atoms with Crippen LogP contribution in [0.1, 0.15) is 0 Å². The number of benzene rings is 4. The van der Waals surface area contributed by atoms with Crippen molar-refractivity contribution < 1.29 is 0 Å². The van der Waals surface area contributed by atoms with E-state index in [1.165, 1.54) is 0 Å². The Morgan fingerprint density at radius 2 is 0.452 bits per heavy atom. The maximum absolute atomic E-state index is 4.39. The van der Waals surface area contributed by atoms with Gasteiger partial charge in [0.1, 0.15) is 0 Å². The van der Waals surface area contributed by atoms with Crippen LogP contribution in [0.4, 0.5) is 0 Å². The lowest BCUT2D eigenvalue weighted by Gasteiger charge is -2.12. The van der Waals surface area contributed by atoms with Gasteiger partial charge in [-0.1, -0.05) is 72.8 Å². The van der Waals surface area contributed by atoms with Crippen molar-refractivity contribution in [2.75, 3.05) is 0 Å². The predicted molar refractivity (Wildman–Crippen MR) is 166 cm³/mol. The summed E-state index contributed by atoms with van der Waals surface area (Å²) in [5.74, 6) is 2.13. The van der Waals surface area contributed by atoms with Gasteiger partial charge in [-0.25, -0.2) is 29.9 Å². The molecule has 6 nitrogen and oxygen atoms in total. The van der Waals surface area contributed by atoms with Crippen LogP contribution in [0.25, 0.3) is 67.5 Å². The van der Waals surface area contributed by atoms with Gasteiger partial charge in [-0.15, -0.1) is 0 Å². The third-order valence-corrected chi connectivity index (χ3v) is 7.06.